The van der Waals surface area contributed by atoms with E-state index in [-0.39, 0.29) is 5.69 Å². The van der Waals surface area contributed by atoms with Crippen LogP contribution in [-0.4, -0.2) is 37.7 Å². The van der Waals surface area contributed by atoms with Gasteiger partial charge in [-0.1, -0.05) is 0 Å². The Kier molecular flexibility index (Phi) is 6.27. The molecule has 6 nitrogen and oxygen atoms in total. The van der Waals surface area contributed by atoms with Crippen molar-refractivity contribution in [3.05, 3.63) is 22.2 Å². The van der Waals surface area contributed by atoms with Crippen LogP contribution >= 0.6 is 11.8 Å². The fourth-order valence-electron chi connectivity index (χ4n) is 1.60. The average molecular weight is 286 g/mol. The van der Waals surface area contributed by atoms with Crippen LogP contribution < -0.4 is 14.8 Å². The fraction of sp³-hybridized carbons (Fsp3) is 0.500. The molecular weight excluding hydrogens is 268 g/mol. The largest absolute Gasteiger partial charge is 0.493 e. The second-order valence-electron chi connectivity index (χ2n) is 3.75. The molecule has 1 rings (SSSR count). The van der Waals surface area contributed by atoms with Gasteiger partial charge in [0, 0.05) is 12.6 Å². The van der Waals surface area contributed by atoms with E-state index in [4.69, 9.17) is 9.47 Å². The highest BCUT2D eigenvalue weighted by molar-refractivity contribution is 7.98. The number of thioether (sulfide) groups is 1. The van der Waals surface area contributed by atoms with Crippen molar-refractivity contribution in [3.63, 3.8) is 0 Å². The van der Waals surface area contributed by atoms with Gasteiger partial charge in [-0.05, 0) is 18.4 Å². The number of ether oxygens (including phenoxy) is 2. The number of hydrogen-bond acceptors (Lipinski definition) is 6. The summed E-state index contributed by atoms with van der Waals surface area (Å²) in [6.45, 7) is 0.678. The molecule has 0 fully saturated rings. The predicted molar refractivity (Wildman–Crippen MR) is 77.7 cm³/mol. The Morgan fingerprint density at radius 2 is 1.95 bits per heavy atom. The van der Waals surface area contributed by atoms with Crippen molar-refractivity contribution in [3.8, 4) is 11.5 Å². The molecule has 0 unspecified atom stereocenters. The molecule has 0 radical (unpaired) electrons. The maximum atomic E-state index is 11.0. The highest BCUT2D eigenvalue weighted by atomic mass is 32.2. The van der Waals surface area contributed by atoms with Gasteiger partial charge in [-0.3, -0.25) is 10.1 Å². The summed E-state index contributed by atoms with van der Waals surface area (Å²) in [7, 11) is 2.95. The minimum absolute atomic E-state index is 0.0122. The fourth-order valence-corrected chi connectivity index (χ4v) is 2.03. The second-order valence-corrected chi connectivity index (χ2v) is 4.74. The summed E-state index contributed by atoms with van der Waals surface area (Å²) in [6.07, 6.45) is 2.96. The van der Waals surface area contributed by atoms with E-state index in [0.29, 0.717) is 23.7 Å². The van der Waals surface area contributed by atoms with Crippen molar-refractivity contribution in [2.45, 2.75) is 6.42 Å². The molecule has 0 aliphatic rings. The third-order valence-electron chi connectivity index (χ3n) is 2.54. The Balaban J connectivity index is 2.96. The number of nitrogens with zero attached hydrogens (tertiary/aromatic N) is 1. The summed E-state index contributed by atoms with van der Waals surface area (Å²) in [5.41, 5.74) is 0.436. The van der Waals surface area contributed by atoms with E-state index in [9.17, 15) is 10.1 Å². The summed E-state index contributed by atoms with van der Waals surface area (Å²) in [6, 6.07) is 2.96. The van der Waals surface area contributed by atoms with Gasteiger partial charge in [0.2, 0.25) is 0 Å². The van der Waals surface area contributed by atoms with Crippen molar-refractivity contribution in [1.82, 2.24) is 0 Å². The number of nitro groups is 1. The first-order chi connectivity index (χ1) is 9.13. The SMILES string of the molecule is COc1cc(NCCCSC)c([N+](=O)[O-])cc1OC. The first kappa shape index (κ1) is 15.4. The summed E-state index contributed by atoms with van der Waals surface area (Å²) in [5.74, 6) is 1.83. The minimum Gasteiger partial charge on any atom is -0.493 e. The molecule has 7 heteroatoms. The number of methoxy groups -OCH3 is 2. The van der Waals surface area contributed by atoms with Gasteiger partial charge in [-0.15, -0.1) is 0 Å². The molecule has 0 spiro atoms. The van der Waals surface area contributed by atoms with Crippen molar-refractivity contribution in [2.24, 2.45) is 0 Å². The molecule has 1 aromatic rings. The zero-order valence-electron chi connectivity index (χ0n) is 11.3. The normalized spacial score (nSPS) is 10.1. The second kappa shape index (κ2) is 7.73. The van der Waals surface area contributed by atoms with Crippen LogP contribution in [-0.2, 0) is 0 Å². The standard InChI is InChI=1S/C12H18N2O4S/c1-17-11-7-9(13-5-4-6-19-3)10(14(15)16)8-12(11)18-2/h7-8,13H,4-6H2,1-3H3. The van der Waals surface area contributed by atoms with E-state index in [0.717, 1.165) is 12.2 Å². The van der Waals surface area contributed by atoms with Crippen molar-refractivity contribution >= 4 is 23.1 Å². The van der Waals surface area contributed by atoms with E-state index < -0.39 is 4.92 Å². The summed E-state index contributed by atoms with van der Waals surface area (Å²) in [4.78, 5) is 10.6. The lowest BCUT2D eigenvalue weighted by Crippen LogP contribution is -2.06. The topological polar surface area (TPSA) is 73.6 Å². The van der Waals surface area contributed by atoms with Gasteiger partial charge < -0.3 is 14.8 Å². The number of rotatable bonds is 8. The highest BCUT2D eigenvalue weighted by Gasteiger charge is 2.19. The Morgan fingerprint density at radius 3 is 2.47 bits per heavy atom. The first-order valence-corrected chi connectivity index (χ1v) is 7.16. The number of nitrogens with one attached hydrogen (secondary N) is 1. The van der Waals surface area contributed by atoms with Gasteiger partial charge in [-0.2, -0.15) is 11.8 Å². The molecule has 106 valence electrons. The van der Waals surface area contributed by atoms with Gasteiger partial charge >= 0.3 is 0 Å². The zero-order valence-corrected chi connectivity index (χ0v) is 12.1. The maximum absolute atomic E-state index is 11.0. The molecule has 0 bridgehead atoms. The van der Waals surface area contributed by atoms with Crippen LogP contribution in [0.5, 0.6) is 11.5 Å². The average Bonchev–Trinajstić information content (AvgIpc) is 2.42. The summed E-state index contributed by atoms with van der Waals surface area (Å²) in [5, 5.41) is 14.1. The smallest absolute Gasteiger partial charge is 0.296 e. The number of nitro benzene ring substituents is 1. The molecule has 0 aliphatic carbocycles. The quantitative estimate of drug-likeness (QED) is 0.450. The molecule has 0 aromatic heterocycles. The first-order valence-electron chi connectivity index (χ1n) is 5.77. The predicted octanol–water partition coefficient (Wildman–Crippen LogP) is 2.78. The number of anilines is 1. The van der Waals surface area contributed by atoms with Crippen molar-refractivity contribution < 1.29 is 14.4 Å². The van der Waals surface area contributed by atoms with Gasteiger partial charge in [0.05, 0.1) is 25.2 Å². The Morgan fingerprint density at radius 1 is 1.32 bits per heavy atom. The summed E-state index contributed by atoms with van der Waals surface area (Å²) < 4.78 is 10.2. The van der Waals surface area contributed by atoms with E-state index in [1.807, 2.05) is 6.26 Å². The maximum Gasteiger partial charge on any atom is 0.296 e. The van der Waals surface area contributed by atoms with Gasteiger partial charge in [-0.25, -0.2) is 0 Å². The minimum atomic E-state index is -0.432. The van der Waals surface area contributed by atoms with E-state index in [2.05, 4.69) is 5.32 Å². The van der Waals surface area contributed by atoms with Crippen LogP contribution in [0.1, 0.15) is 6.42 Å². The highest BCUT2D eigenvalue weighted by Crippen LogP contribution is 2.37. The van der Waals surface area contributed by atoms with Gasteiger partial charge in [0.25, 0.3) is 5.69 Å². The molecule has 0 atom stereocenters. The Bertz CT molecular complexity index is 440. The molecule has 0 saturated carbocycles. The Hall–Kier alpha value is -1.63. The molecule has 0 aliphatic heterocycles. The number of hydrogen-bond donors (Lipinski definition) is 1. The molecule has 1 aromatic carbocycles. The lowest BCUT2D eigenvalue weighted by Gasteiger charge is -2.11. The third-order valence-corrected chi connectivity index (χ3v) is 3.24. The van der Waals surface area contributed by atoms with Gasteiger partial charge in [0.15, 0.2) is 11.5 Å². The molecular formula is C12H18N2O4S. The lowest BCUT2D eigenvalue weighted by atomic mass is 10.2. The summed E-state index contributed by atoms with van der Waals surface area (Å²) >= 11 is 1.74. The lowest BCUT2D eigenvalue weighted by molar-refractivity contribution is -0.384. The van der Waals surface area contributed by atoms with E-state index in [1.165, 1.54) is 20.3 Å². The van der Waals surface area contributed by atoms with Crippen LogP contribution in [0.25, 0.3) is 0 Å². The van der Waals surface area contributed by atoms with Crippen LogP contribution in [0.3, 0.4) is 0 Å². The van der Waals surface area contributed by atoms with Crippen LogP contribution in [0.15, 0.2) is 12.1 Å². The van der Waals surface area contributed by atoms with Crippen molar-refractivity contribution in [1.29, 1.82) is 0 Å². The monoisotopic (exact) mass is 286 g/mol. The molecule has 1 N–H and O–H groups in total. The van der Waals surface area contributed by atoms with E-state index >= 15 is 0 Å². The van der Waals surface area contributed by atoms with Crippen LogP contribution in [0, 0.1) is 10.1 Å². The van der Waals surface area contributed by atoms with Crippen molar-refractivity contribution in [2.75, 3.05) is 38.1 Å². The molecule has 19 heavy (non-hydrogen) atoms. The Labute approximate surface area is 116 Å². The number of benzene rings is 1. The molecule has 0 saturated heterocycles. The van der Waals surface area contributed by atoms with Gasteiger partial charge in [0.1, 0.15) is 5.69 Å². The van der Waals surface area contributed by atoms with Crippen LogP contribution in [0.2, 0.25) is 0 Å². The third kappa shape index (κ3) is 4.20. The van der Waals surface area contributed by atoms with Crippen LogP contribution in [0.4, 0.5) is 11.4 Å². The van der Waals surface area contributed by atoms with E-state index in [1.54, 1.807) is 17.8 Å². The zero-order chi connectivity index (χ0) is 14.3. The molecule has 0 heterocycles. The molecule has 0 amide bonds.